The molecule has 22 heavy (non-hydrogen) atoms. The zero-order valence-electron chi connectivity index (χ0n) is 12.3. The van der Waals surface area contributed by atoms with E-state index in [1.807, 2.05) is 0 Å². The average Bonchev–Trinajstić information content (AvgIpc) is 3.12. The van der Waals surface area contributed by atoms with Crippen LogP contribution < -0.4 is 19.3 Å². The van der Waals surface area contributed by atoms with E-state index in [9.17, 15) is 9.59 Å². The van der Waals surface area contributed by atoms with Crippen LogP contribution >= 0.6 is 0 Å². The zero-order chi connectivity index (χ0) is 15.1. The Balaban J connectivity index is 1.59. The molecule has 3 heterocycles. The van der Waals surface area contributed by atoms with Gasteiger partial charge in [0.2, 0.25) is 12.7 Å². The third-order valence-electron chi connectivity index (χ3n) is 4.75. The lowest BCUT2D eigenvalue weighted by atomic mass is 10.1. The monoisotopic (exact) mass is 303 g/mol. The summed E-state index contributed by atoms with van der Waals surface area (Å²) in [6.07, 6.45) is 3.81. The first-order valence-electron chi connectivity index (χ1n) is 7.85. The number of nitrogens with zero attached hydrogens (tertiary/aromatic N) is 1. The Hall–Kier alpha value is -2.08. The van der Waals surface area contributed by atoms with Crippen molar-refractivity contribution in [2.75, 3.05) is 24.8 Å². The van der Waals surface area contributed by atoms with Crippen molar-refractivity contribution in [3.05, 3.63) is 18.2 Å². The Bertz CT molecular complexity index is 625. The van der Waals surface area contributed by atoms with Gasteiger partial charge in [-0.3, -0.25) is 9.59 Å². The van der Waals surface area contributed by atoms with Crippen LogP contribution in [0, 0.1) is 0 Å². The lowest BCUT2D eigenvalue weighted by molar-refractivity contribution is -0.919. The van der Waals surface area contributed by atoms with Crippen LogP contribution in [0.4, 0.5) is 5.69 Å². The van der Waals surface area contributed by atoms with E-state index in [0.29, 0.717) is 23.6 Å². The van der Waals surface area contributed by atoms with Crippen molar-refractivity contribution in [1.29, 1.82) is 0 Å². The molecular weight excluding hydrogens is 284 g/mol. The van der Waals surface area contributed by atoms with Crippen LogP contribution in [-0.2, 0) is 9.59 Å². The highest BCUT2D eigenvalue weighted by Gasteiger charge is 2.46. The highest BCUT2D eigenvalue weighted by atomic mass is 16.7. The predicted octanol–water partition coefficient (Wildman–Crippen LogP) is 0.116. The van der Waals surface area contributed by atoms with Crippen LogP contribution in [0.25, 0.3) is 0 Å². The standard InChI is InChI=1S/C16H18N2O4/c19-15-9-12(17-6-2-1-3-7-17)16(20)18(15)11-4-5-13-14(8-11)22-10-21-13/h4-5,8,12H,1-3,6-7,9-10H2/p+1/t12-/m0/s1. The Morgan fingerprint density at radius 2 is 1.82 bits per heavy atom. The number of anilines is 1. The molecule has 0 bridgehead atoms. The summed E-state index contributed by atoms with van der Waals surface area (Å²) in [6, 6.07) is 4.99. The number of piperidine rings is 1. The molecule has 2 fully saturated rings. The van der Waals surface area contributed by atoms with Crippen LogP contribution in [0.1, 0.15) is 25.7 Å². The quantitative estimate of drug-likeness (QED) is 0.788. The Morgan fingerprint density at radius 1 is 1.05 bits per heavy atom. The molecule has 0 saturated carbocycles. The number of nitrogens with one attached hydrogen (secondary N) is 1. The van der Waals surface area contributed by atoms with Crippen molar-refractivity contribution < 1.29 is 24.0 Å². The van der Waals surface area contributed by atoms with Crippen LogP contribution in [0.5, 0.6) is 11.5 Å². The van der Waals surface area contributed by atoms with Crippen molar-refractivity contribution in [3.8, 4) is 11.5 Å². The Kier molecular flexibility index (Phi) is 3.26. The fourth-order valence-electron chi connectivity index (χ4n) is 3.60. The average molecular weight is 303 g/mol. The van der Waals surface area contributed by atoms with Gasteiger partial charge in [0.05, 0.1) is 25.2 Å². The van der Waals surface area contributed by atoms with Crippen molar-refractivity contribution in [3.63, 3.8) is 0 Å². The first-order chi connectivity index (χ1) is 10.7. The van der Waals surface area contributed by atoms with Gasteiger partial charge in [-0.2, -0.15) is 0 Å². The number of carbonyl (C=O) groups is 2. The van der Waals surface area contributed by atoms with Crippen molar-refractivity contribution in [2.24, 2.45) is 0 Å². The highest BCUT2D eigenvalue weighted by molar-refractivity contribution is 6.22. The lowest BCUT2D eigenvalue weighted by Gasteiger charge is -2.27. The molecule has 4 rings (SSSR count). The largest absolute Gasteiger partial charge is 0.454 e. The third kappa shape index (κ3) is 2.14. The molecule has 3 aliphatic heterocycles. The van der Waals surface area contributed by atoms with Gasteiger partial charge in [0.15, 0.2) is 17.5 Å². The van der Waals surface area contributed by atoms with Crippen molar-refractivity contribution in [1.82, 2.24) is 0 Å². The Labute approximate surface area is 128 Å². The van der Waals surface area contributed by atoms with Gasteiger partial charge in [0.25, 0.3) is 5.91 Å². The minimum atomic E-state index is -0.224. The molecule has 1 N–H and O–H groups in total. The van der Waals surface area contributed by atoms with E-state index >= 15 is 0 Å². The number of benzene rings is 1. The zero-order valence-corrected chi connectivity index (χ0v) is 12.3. The maximum absolute atomic E-state index is 12.7. The van der Waals surface area contributed by atoms with Gasteiger partial charge >= 0.3 is 0 Å². The van der Waals surface area contributed by atoms with Crippen LogP contribution in [-0.4, -0.2) is 37.7 Å². The lowest BCUT2D eigenvalue weighted by Crippen LogP contribution is -3.17. The smallest absolute Gasteiger partial charge is 0.292 e. The number of amides is 2. The van der Waals surface area contributed by atoms with Crippen molar-refractivity contribution >= 4 is 17.5 Å². The molecule has 6 nitrogen and oxygen atoms in total. The molecule has 2 amide bonds. The molecule has 2 saturated heterocycles. The maximum atomic E-state index is 12.7. The summed E-state index contributed by atoms with van der Waals surface area (Å²) < 4.78 is 10.6. The molecule has 1 atom stereocenters. The summed E-state index contributed by atoms with van der Waals surface area (Å²) in [5, 5.41) is 0. The summed E-state index contributed by atoms with van der Waals surface area (Å²) in [7, 11) is 0. The van der Waals surface area contributed by atoms with Crippen LogP contribution in [0.3, 0.4) is 0 Å². The maximum Gasteiger partial charge on any atom is 0.292 e. The number of likely N-dealkylation sites (tertiary alicyclic amines) is 1. The van der Waals surface area contributed by atoms with E-state index in [-0.39, 0.29) is 24.6 Å². The van der Waals surface area contributed by atoms with Gasteiger partial charge in [0, 0.05) is 6.07 Å². The first kappa shape index (κ1) is 13.6. The fourth-order valence-corrected chi connectivity index (χ4v) is 3.60. The summed E-state index contributed by atoms with van der Waals surface area (Å²) in [6.45, 7) is 2.15. The molecule has 3 aliphatic rings. The number of ether oxygens (including phenoxy) is 2. The van der Waals surface area contributed by atoms with E-state index in [0.717, 1.165) is 25.9 Å². The van der Waals surface area contributed by atoms with E-state index in [2.05, 4.69) is 0 Å². The van der Waals surface area contributed by atoms with Crippen LogP contribution in [0.2, 0.25) is 0 Å². The second-order valence-corrected chi connectivity index (χ2v) is 6.08. The molecule has 0 radical (unpaired) electrons. The minimum absolute atomic E-state index is 0.0826. The fraction of sp³-hybridized carbons (Fsp3) is 0.500. The van der Waals surface area contributed by atoms with Crippen LogP contribution in [0.15, 0.2) is 18.2 Å². The summed E-state index contributed by atoms with van der Waals surface area (Å²) in [4.78, 5) is 27.7. The summed E-state index contributed by atoms with van der Waals surface area (Å²) in [5.41, 5.74) is 0.582. The number of hydrogen-bond acceptors (Lipinski definition) is 4. The molecule has 1 aromatic carbocycles. The first-order valence-corrected chi connectivity index (χ1v) is 7.85. The van der Waals surface area contributed by atoms with Gasteiger partial charge in [-0.1, -0.05) is 0 Å². The minimum Gasteiger partial charge on any atom is -0.454 e. The Morgan fingerprint density at radius 3 is 2.64 bits per heavy atom. The molecule has 6 heteroatoms. The number of imide groups is 1. The van der Waals surface area contributed by atoms with Gasteiger partial charge in [-0.15, -0.1) is 0 Å². The molecular formula is C16H19N2O4+. The van der Waals surface area contributed by atoms with Gasteiger partial charge in [-0.05, 0) is 31.4 Å². The number of rotatable bonds is 2. The number of fused-ring (bicyclic) bond motifs is 1. The SMILES string of the molecule is O=C1C[C@H]([NH+]2CCCCC2)C(=O)N1c1ccc2c(c1)OCO2. The number of hydrogen-bond donors (Lipinski definition) is 1. The molecule has 1 aromatic rings. The van der Waals surface area contributed by atoms with Crippen molar-refractivity contribution in [2.45, 2.75) is 31.7 Å². The number of carbonyl (C=O) groups excluding carboxylic acids is 2. The van der Waals surface area contributed by atoms with E-state index < -0.39 is 0 Å². The van der Waals surface area contributed by atoms with Gasteiger partial charge in [-0.25, -0.2) is 4.90 Å². The second-order valence-electron chi connectivity index (χ2n) is 6.08. The number of quaternary nitrogens is 1. The molecule has 0 spiro atoms. The second kappa shape index (κ2) is 5.28. The topological polar surface area (TPSA) is 60.3 Å². The predicted molar refractivity (Wildman–Crippen MR) is 78.0 cm³/mol. The summed E-state index contributed by atoms with van der Waals surface area (Å²) >= 11 is 0. The van der Waals surface area contributed by atoms with E-state index in [1.54, 1.807) is 18.2 Å². The van der Waals surface area contributed by atoms with E-state index in [4.69, 9.17) is 9.47 Å². The third-order valence-corrected chi connectivity index (χ3v) is 4.75. The normalized spacial score (nSPS) is 25.1. The highest BCUT2D eigenvalue weighted by Crippen LogP contribution is 2.36. The molecule has 116 valence electrons. The molecule has 0 unspecified atom stereocenters. The van der Waals surface area contributed by atoms with Gasteiger partial charge in [0.1, 0.15) is 0 Å². The van der Waals surface area contributed by atoms with Gasteiger partial charge < -0.3 is 14.4 Å². The summed E-state index contributed by atoms with van der Waals surface area (Å²) in [5.74, 6) is 1.04. The van der Waals surface area contributed by atoms with E-state index in [1.165, 1.54) is 16.2 Å². The molecule has 0 aromatic heterocycles. The molecule has 0 aliphatic carbocycles.